The Bertz CT molecular complexity index is 1450. The molecule has 2 aromatic carbocycles. The number of ether oxygens (including phenoxy) is 2. The summed E-state index contributed by atoms with van der Waals surface area (Å²) in [7, 11) is 1.66. The lowest BCUT2D eigenvalue weighted by Gasteiger charge is -2.32. The van der Waals surface area contributed by atoms with Crippen molar-refractivity contribution in [3.8, 4) is 34.1 Å². The molecule has 10 heteroatoms. The van der Waals surface area contributed by atoms with Gasteiger partial charge in [-0.15, -0.1) is 10.2 Å². The van der Waals surface area contributed by atoms with Crippen molar-refractivity contribution in [1.82, 2.24) is 35.5 Å². The van der Waals surface area contributed by atoms with Gasteiger partial charge in [-0.1, -0.05) is 47.7 Å². The second-order valence-corrected chi connectivity index (χ2v) is 9.02. The van der Waals surface area contributed by atoms with Gasteiger partial charge in [-0.25, -0.2) is 9.97 Å². The molecular formula is C27H27N7O3. The van der Waals surface area contributed by atoms with Crippen LogP contribution in [-0.2, 0) is 6.42 Å². The molecule has 5 aromatic rings. The van der Waals surface area contributed by atoms with Gasteiger partial charge in [0.2, 0.25) is 11.6 Å². The van der Waals surface area contributed by atoms with E-state index in [4.69, 9.17) is 13.9 Å². The number of benzene rings is 2. The van der Waals surface area contributed by atoms with E-state index >= 15 is 0 Å². The fraction of sp³-hybridized carbons (Fsp3) is 0.296. The Morgan fingerprint density at radius 1 is 1.05 bits per heavy atom. The second-order valence-electron chi connectivity index (χ2n) is 9.02. The Labute approximate surface area is 213 Å². The number of likely N-dealkylation sites (tertiary alicyclic amines) is 1. The smallest absolute Gasteiger partial charge is 0.234 e. The van der Waals surface area contributed by atoms with Gasteiger partial charge in [0, 0.05) is 30.6 Å². The average molecular weight is 498 g/mol. The molecule has 1 fully saturated rings. The zero-order chi connectivity index (χ0) is 25.0. The van der Waals surface area contributed by atoms with E-state index in [0.29, 0.717) is 11.6 Å². The van der Waals surface area contributed by atoms with Crippen LogP contribution in [0.5, 0.6) is 11.6 Å². The van der Waals surface area contributed by atoms with Gasteiger partial charge >= 0.3 is 0 Å². The highest BCUT2D eigenvalue weighted by atomic mass is 16.5. The molecule has 0 radical (unpaired) electrons. The summed E-state index contributed by atoms with van der Waals surface area (Å²) >= 11 is 0. The average Bonchev–Trinajstić information content (AvgIpc) is 3.61. The number of nitrogens with one attached hydrogen (secondary N) is 1. The van der Waals surface area contributed by atoms with Crippen molar-refractivity contribution in [3.63, 3.8) is 0 Å². The first-order chi connectivity index (χ1) is 18.3. The number of rotatable bonds is 8. The number of fused-ring (bicyclic) bond motifs is 1. The number of hydrogen-bond acceptors (Lipinski definition) is 9. The molecule has 1 atom stereocenters. The van der Waals surface area contributed by atoms with Crippen LogP contribution in [0, 0.1) is 0 Å². The van der Waals surface area contributed by atoms with E-state index in [2.05, 4.69) is 35.5 Å². The van der Waals surface area contributed by atoms with Crippen molar-refractivity contribution in [2.75, 3.05) is 26.7 Å². The van der Waals surface area contributed by atoms with Gasteiger partial charge in [0.25, 0.3) is 0 Å². The van der Waals surface area contributed by atoms with Crippen LogP contribution in [0.1, 0.15) is 18.7 Å². The minimum absolute atomic E-state index is 0.00379. The Morgan fingerprint density at radius 3 is 2.70 bits per heavy atom. The van der Waals surface area contributed by atoms with E-state index in [1.165, 1.54) is 6.33 Å². The summed E-state index contributed by atoms with van der Waals surface area (Å²) in [5.41, 5.74) is 3.34. The number of methoxy groups -OCH3 is 1. The number of furan rings is 1. The summed E-state index contributed by atoms with van der Waals surface area (Å²) in [5, 5.41) is 15.0. The van der Waals surface area contributed by atoms with Crippen LogP contribution < -0.4 is 9.47 Å². The monoisotopic (exact) mass is 497 g/mol. The Morgan fingerprint density at radius 2 is 1.92 bits per heavy atom. The van der Waals surface area contributed by atoms with Crippen LogP contribution >= 0.6 is 0 Å². The third-order valence-corrected chi connectivity index (χ3v) is 6.65. The second kappa shape index (κ2) is 10.4. The van der Waals surface area contributed by atoms with Crippen molar-refractivity contribution in [1.29, 1.82) is 0 Å². The predicted octanol–water partition coefficient (Wildman–Crippen LogP) is 4.16. The number of aromatic nitrogens is 6. The predicted molar refractivity (Wildman–Crippen MR) is 137 cm³/mol. The summed E-state index contributed by atoms with van der Waals surface area (Å²) in [6, 6.07) is 18.0. The highest BCUT2D eigenvalue weighted by molar-refractivity contribution is 6.03. The Kier molecular flexibility index (Phi) is 6.47. The number of aromatic amines is 1. The standard InChI is InChI=1S/C27H27N7O3/c1-35-20-11-9-18(10-12-20)23-24-26(28-17-29-27(24)37-25(23)19-6-3-2-4-7-19)36-21-8-5-14-34(16-21)15-13-22-30-32-33-31-22/h2-4,6-7,9-12,17,21H,5,8,13-16H2,1H3,(H,30,31,32,33)/t21-/m0/s1. The number of nitrogens with zero attached hydrogens (tertiary/aromatic N) is 6. The first-order valence-electron chi connectivity index (χ1n) is 12.4. The number of hydrogen-bond donors (Lipinski definition) is 1. The lowest BCUT2D eigenvalue weighted by molar-refractivity contribution is 0.0866. The third-order valence-electron chi connectivity index (χ3n) is 6.65. The van der Waals surface area contributed by atoms with Crippen molar-refractivity contribution in [2.24, 2.45) is 0 Å². The molecule has 10 nitrogen and oxygen atoms in total. The summed E-state index contributed by atoms with van der Waals surface area (Å²) in [5.74, 6) is 2.77. The van der Waals surface area contributed by atoms with Crippen LogP contribution in [0.15, 0.2) is 65.3 Å². The van der Waals surface area contributed by atoms with E-state index in [9.17, 15) is 0 Å². The molecule has 6 rings (SSSR count). The largest absolute Gasteiger partial charge is 0.497 e. The van der Waals surface area contributed by atoms with Gasteiger partial charge in [0.05, 0.1) is 7.11 Å². The summed E-state index contributed by atoms with van der Waals surface area (Å²) in [4.78, 5) is 11.4. The first-order valence-corrected chi connectivity index (χ1v) is 12.4. The molecule has 0 spiro atoms. The number of H-pyrrole nitrogens is 1. The van der Waals surface area contributed by atoms with Crippen molar-refractivity contribution in [2.45, 2.75) is 25.4 Å². The van der Waals surface area contributed by atoms with Gasteiger partial charge < -0.3 is 13.9 Å². The zero-order valence-corrected chi connectivity index (χ0v) is 20.5. The lowest BCUT2D eigenvalue weighted by Crippen LogP contribution is -2.42. The van der Waals surface area contributed by atoms with Crippen LogP contribution in [-0.4, -0.2) is 68.3 Å². The van der Waals surface area contributed by atoms with Gasteiger partial charge in [-0.3, -0.25) is 4.90 Å². The quantitative estimate of drug-likeness (QED) is 0.337. The highest BCUT2D eigenvalue weighted by Gasteiger charge is 2.27. The number of piperidine rings is 1. The molecule has 1 N–H and O–H groups in total. The molecule has 1 aliphatic heterocycles. The molecule has 1 saturated heterocycles. The zero-order valence-electron chi connectivity index (χ0n) is 20.5. The van der Waals surface area contributed by atoms with Gasteiger partial charge in [0.1, 0.15) is 29.3 Å². The third kappa shape index (κ3) is 4.88. The molecule has 0 aliphatic carbocycles. The Balaban J connectivity index is 1.34. The molecule has 1 aliphatic rings. The van der Waals surface area contributed by atoms with Gasteiger partial charge in [0.15, 0.2) is 5.82 Å². The molecule has 3 aromatic heterocycles. The molecule has 4 heterocycles. The maximum Gasteiger partial charge on any atom is 0.234 e. The topological polar surface area (TPSA) is 115 Å². The lowest BCUT2D eigenvalue weighted by atomic mass is 9.99. The summed E-state index contributed by atoms with van der Waals surface area (Å²) in [6.45, 7) is 2.65. The maximum atomic E-state index is 6.56. The van der Waals surface area contributed by atoms with E-state index < -0.39 is 0 Å². The Hall–Kier alpha value is -4.31. The molecule has 37 heavy (non-hydrogen) atoms. The van der Waals surface area contributed by atoms with Crippen LogP contribution in [0.2, 0.25) is 0 Å². The van der Waals surface area contributed by atoms with E-state index in [1.807, 2.05) is 54.6 Å². The van der Waals surface area contributed by atoms with Crippen LogP contribution in [0.4, 0.5) is 0 Å². The molecule has 0 saturated carbocycles. The maximum absolute atomic E-state index is 6.56. The molecule has 0 unspecified atom stereocenters. The van der Waals surface area contributed by atoms with Crippen LogP contribution in [0.3, 0.4) is 0 Å². The molecule has 0 amide bonds. The van der Waals surface area contributed by atoms with Crippen LogP contribution in [0.25, 0.3) is 33.6 Å². The fourth-order valence-corrected chi connectivity index (χ4v) is 4.84. The van der Waals surface area contributed by atoms with E-state index in [-0.39, 0.29) is 6.10 Å². The minimum Gasteiger partial charge on any atom is -0.497 e. The SMILES string of the molecule is COc1ccc(-c2c(-c3ccccc3)oc3ncnc(O[C@H]4CCCN(CCc5nn[nH]n5)C4)c23)cc1. The van der Waals surface area contributed by atoms with Gasteiger partial charge in [-0.05, 0) is 37.1 Å². The first kappa shape index (κ1) is 23.1. The highest BCUT2D eigenvalue weighted by Crippen LogP contribution is 2.43. The van der Waals surface area contributed by atoms with E-state index in [1.54, 1.807) is 7.11 Å². The van der Waals surface area contributed by atoms with Crippen molar-refractivity contribution >= 4 is 11.1 Å². The molecule has 188 valence electrons. The summed E-state index contributed by atoms with van der Waals surface area (Å²) in [6.07, 6.45) is 4.23. The molecule has 0 bridgehead atoms. The minimum atomic E-state index is -0.00379. The fourth-order valence-electron chi connectivity index (χ4n) is 4.84. The number of tetrazole rings is 1. The normalized spacial score (nSPS) is 16.2. The molecular weight excluding hydrogens is 470 g/mol. The van der Waals surface area contributed by atoms with E-state index in [0.717, 1.165) is 78.3 Å². The van der Waals surface area contributed by atoms with Crippen molar-refractivity contribution in [3.05, 3.63) is 66.7 Å². The van der Waals surface area contributed by atoms with Gasteiger partial charge in [-0.2, -0.15) is 5.21 Å². The summed E-state index contributed by atoms with van der Waals surface area (Å²) < 4.78 is 18.3. The van der Waals surface area contributed by atoms with Crippen molar-refractivity contribution < 1.29 is 13.9 Å².